The second kappa shape index (κ2) is 5.06. The molecule has 0 aromatic heterocycles. The summed E-state index contributed by atoms with van der Waals surface area (Å²) in [5.74, 6) is -2.39. The number of aryl methyl sites for hydroxylation is 1. The van der Waals surface area contributed by atoms with E-state index in [0.29, 0.717) is 11.6 Å². The van der Waals surface area contributed by atoms with Gasteiger partial charge in [0.2, 0.25) is 0 Å². The number of hydrogen-bond donors (Lipinski definition) is 1. The average molecular weight is 264 g/mol. The zero-order chi connectivity index (χ0) is 14.0. The van der Waals surface area contributed by atoms with Crippen molar-refractivity contribution in [3.63, 3.8) is 0 Å². The topological polar surface area (TPSA) is 46.5 Å². The lowest BCUT2D eigenvalue weighted by Gasteiger charge is -2.08. The number of ether oxygens (including phenoxy) is 1. The summed E-state index contributed by atoms with van der Waals surface area (Å²) in [4.78, 5) is 10.8. The van der Waals surface area contributed by atoms with Crippen molar-refractivity contribution in [3.05, 3.63) is 59.2 Å². The number of carboxylic acids is 1. The monoisotopic (exact) mass is 264 g/mol. The highest BCUT2D eigenvalue weighted by Gasteiger charge is 2.10. The lowest BCUT2D eigenvalue weighted by molar-refractivity contribution is 0.0696. The fourth-order valence-corrected chi connectivity index (χ4v) is 1.62. The third kappa shape index (κ3) is 2.88. The molecule has 2 aromatic carbocycles. The van der Waals surface area contributed by atoms with Crippen LogP contribution in [0.15, 0.2) is 36.4 Å². The Morgan fingerprint density at radius 1 is 1.16 bits per heavy atom. The Morgan fingerprint density at radius 3 is 2.47 bits per heavy atom. The van der Waals surface area contributed by atoms with Crippen LogP contribution >= 0.6 is 0 Å². The van der Waals surface area contributed by atoms with Crippen LogP contribution in [0.25, 0.3) is 0 Å². The van der Waals surface area contributed by atoms with Crippen LogP contribution in [-0.4, -0.2) is 11.1 Å². The minimum absolute atomic E-state index is 0.121. The molecular formula is C14H10F2O3. The van der Waals surface area contributed by atoms with Gasteiger partial charge in [0, 0.05) is 6.07 Å². The molecule has 0 unspecified atom stereocenters. The highest BCUT2D eigenvalue weighted by molar-refractivity contribution is 5.89. The molecule has 0 fully saturated rings. The summed E-state index contributed by atoms with van der Waals surface area (Å²) in [6.45, 7) is 1.61. The Kier molecular flexibility index (Phi) is 3.46. The van der Waals surface area contributed by atoms with E-state index >= 15 is 0 Å². The lowest BCUT2D eigenvalue weighted by atomic mass is 10.1. The molecule has 5 heteroatoms. The van der Waals surface area contributed by atoms with E-state index in [-0.39, 0.29) is 17.1 Å². The first-order valence-electron chi connectivity index (χ1n) is 5.44. The van der Waals surface area contributed by atoms with Gasteiger partial charge in [0.05, 0.1) is 5.56 Å². The minimum Gasteiger partial charge on any atom is -0.478 e. The summed E-state index contributed by atoms with van der Waals surface area (Å²) in [6.07, 6.45) is 0. The number of rotatable bonds is 3. The van der Waals surface area contributed by atoms with Gasteiger partial charge in [-0.1, -0.05) is 0 Å². The van der Waals surface area contributed by atoms with Crippen LogP contribution in [0.2, 0.25) is 0 Å². The molecule has 0 radical (unpaired) electrons. The van der Waals surface area contributed by atoms with E-state index in [9.17, 15) is 13.6 Å². The molecule has 0 saturated heterocycles. The van der Waals surface area contributed by atoms with Crippen molar-refractivity contribution in [3.8, 4) is 11.5 Å². The van der Waals surface area contributed by atoms with Crippen LogP contribution in [0.3, 0.4) is 0 Å². The Morgan fingerprint density at radius 2 is 1.89 bits per heavy atom. The SMILES string of the molecule is Cc1cc(Oc2ccc(F)cc2F)ccc1C(=O)O. The summed E-state index contributed by atoms with van der Waals surface area (Å²) in [6, 6.07) is 7.23. The number of halogens is 2. The molecule has 19 heavy (non-hydrogen) atoms. The molecule has 0 atom stereocenters. The van der Waals surface area contributed by atoms with Crippen molar-refractivity contribution < 1.29 is 23.4 Å². The zero-order valence-corrected chi connectivity index (χ0v) is 9.98. The van der Waals surface area contributed by atoms with Crippen LogP contribution in [0, 0.1) is 18.6 Å². The smallest absolute Gasteiger partial charge is 0.335 e. The van der Waals surface area contributed by atoms with Crippen LogP contribution in [0.4, 0.5) is 8.78 Å². The molecule has 0 aliphatic heterocycles. The largest absolute Gasteiger partial charge is 0.478 e. The fourth-order valence-electron chi connectivity index (χ4n) is 1.62. The van der Waals surface area contributed by atoms with E-state index in [1.165, 1.54) is 24.3 Å². The first kappa shape index (κ1) is 13.0. The third-order valence-electron chi connectivity index (χ3n) is 2.55. The Balaban J connectivity index is 2.29. The zero-order valence-electron chi connectivity index (χ0n) is 9.98. The van der Waals surface area contributed by atoms with Crippen molar-refractivity contribution in [2.75, 3.05) is 0 Å². The molecule has 3 nitrogen and oxygen atoms in total. The Labute approximate surface area is 108 Å². The second-order valence-corrected chi connectivity index (χ2v) is 3.96. The van der Waals surface area contributed by atoms with Crippen LogP contribution < -0.4 is 4.74 Å². The fraction of sp³-hybridized carbons (Fsp3) is 0.0714. The molecule has 2 rings (SSSR count). The summed E-state index contributed by atoms with van der Waals surface area (Å²) >= 11 is 0. The van der Waals surface area contributed by atoms with Crippen LogP contribution in [0.5, 0.6) is 11.5 Å². The highest BCUT2D eigenvalue weighted by atomic mass is 19.1. The van der Waals surface area contributed by atoms with E-state index in [1.54, 1.807) is 6.92 Å². The Hall–Kier alpha value is -2.43. The normalized spacial score (nSPS) is 10.3. The third-order valence-corrected chi connectivity index (χ3v) is 2.55. The molecule has 0 spiro atoms. The number of carbonyl (C=O) groups is 1. The molecule has 0 amide bonds. The predicted molar refractivity (Wildman–Crippen MR) is 64.6 cm³/mol. The van der Waals surface area contributed by atoms with Gasteiger partial charge in [-0.05, 0) is 42.8 Å². The molecular weight excluding hydrogens is 254 g/mol. The van der Waals surface area contributed by atoms with Crippen molar-refractivity contribution >= 4 is 5.97 Å². The van der Waals surface area contributed by atoms with Gasteiger partial charge >= 0.3 is 5.97 Å². The second-order valence-electron chi connectivity index (χ2n) is 3.96. The predicted octanol–water partition coefficient (Wildman–Crippen LogP) is 3.76. The van der Waals surface area contributed by atoms with E-state index in [0.717, 1.165) is 6.07 Å². The lowest BCUT2D eigenvalue weighted by Crippen LogP contribution is -1.99. The quantitative estimate of drug-likeness (QED) is 0.918. The number of carboxylic acid groups (broad SMARTS) is 1. The highest BCUT2D eigenvalue weighted by Crippen LogP contribution is 2.26. The maximum absolute atomic E-state index is 13.4. The van der Waals surface area contributed by atoms with Crippen molar-refractivity contribution in [1.29, 1.82) is 0 Å². The summed E-state index contributed by atoms with van der Waals surface area (Å²) < 4.78 is 31.4. The molecule has 98 valence electrons. The van der Waals surface area contributed by atoms with Gasteiger partial charge in [0.15, 0.2) is 11.6 Å². The molecule has 0 aliphatic carbocycles. The number of benzene rings is 2. The number of aromatic carboxylic acids is 1. The molecule has 0 aliphatic rings. The standard InChI is InChI=1S/C14H10F2O3/c1-8-6-10(3-4-11(8)14(17)18)19-13-5-2-9(15)7-12(13)16/h2-7H,1H3,(H,17,18). The molecule has 0 bridgehead atoms. The summed E-state index contributed by atoms with van der Waals surface area (Å²) in [5, 5.41) is 8.88. The van der Waals surface area contributed by atoms with E-state index in [4.69, 9.17) is 9.84 Å². The minimum atomic E-state index is -1.04. The molecule has 0 heterocycles. The van der Waals surface area contributed by atoms with E-state index in [2.05, 4.69) is 0 Å². The first-order valence-corrected chi connectivity index (χ1v) is 5.44. The van der Waals surface area contributed by atoms with Gasteiger partial charge in [-0.25, -0.2) is 13.6 Å². The first-order chi connectivity index (χ1) is 8.97. The van der Waals surface area contributed by atoms with Gasteiger partial charge < -0.3 is 9.84 Å². The van der Waals surface area contributed by atoms with Gasteiger partial charge in [-0.15, -0.1) is 0 Å². The van der Waals surface area contributed by atoms with Crippen LogP contribution in [-0.2, 0) is 0 Å². The maximum atomic E-state index is 13.4. The van der Waals surface area contributed by atoms with Crippen molar-refractivity contribution in [2.45, 2.75) is 6.92 Å². The van der Waals surface area contributed by atoms with Crippen molar-refractivity contribution in [1.82, 2.24) is 0 Å². The van der Waals surface area contributed by atoms with Crippen LogP contribution in [0.1, 0.15) is 15.9 Å². The van der Waals surface area contributed by atoms with E-state index in [1.807, 2.05) is 0 Å². The van der Waals surface area contributed by atoms with Gasteiger partial charge in [0.25, 0.3) is 0 Å². The van der Waals surface area contributed by atoms with Gasteiger partial charge in [-0.3, -0.25) is 0 Å². The summed E-state index contributed by atoms with van der Waals surface area (Å²) in [5.41, 5.74) is 0.638. The van der Waals surface area contributed by atoms with Gasteiger partial charge in [0.1, 0.15) is 11.6 Å². The molecule has 2 aromatic rings. The van der Waals surface area contributed by atoms with E-state index < -0.39 is 17.6 Å². The Bertz CT molecular complexity index is 639. The van der Waals surface area contributed by atoms with Gasteiger partial charge in [-0.2, -0.15) is 0 Å². The van der Waals surface area contributed by atoms with Crippen molar-refractivity contribution in [2.24, 2.45) is 0 Å². The number of hydrogen-bond acceptors (Lipinski definition) is 2. The molecule has 0 saturated carbocycles. The average Bonchev–Trinajstić information content (AvgIpc) is 2.32. The summed E-state index contributed by atoms with van der Waals surface area (Å²) in [7, 11) is 0. The molecule has 1 N–H and O–H groups in total. The maximum Gasteiger partial charge on any atom is 0.335 e.